The van der Waals surface area contributed by atoms with Crippen LogP contribution in [0.4, 0.5) is 0 Å². The van der Waals surface area contributed by atoms with Crippen LogP contribution in [0.5, 0.6) is 0 Å². The van der Waals surface area contributed by atoms with Crippen molar-refractivity contribution in [1.82, 2.24) is 5.32 Å². The number of carbonyl (C=O) groups excluding carboxylic acids is 1. The molecule has 4 nitrogen and oxygen atoms in total. The standard InChI is InChI=1S/C19H18ClNO3/c1-12(15-5-3-4-6-16(15)20)21-11-13-7-8-17-14(9-13)10-18(24-17)19(22)23-2/h3-10,12,21H,11H2,1-2H3/t12-/m0/s1. The topological polar surface area (TPSA) is 51.5 Å². The Labute approximate surface area is 145 Å². The largest absolute Gasteiger partial charge is 0.463 e. The van der Waals surface area contributed by atoms with Gasteiger partial charge in [-0.25, -0.2) is 4.79 Å². The van der Waals surface area contributed by atoms with Gasteiger partial charge in [-0.1, -0.05) is 35.9 Å². The molecule has 0 saturated carbocycles. The van der Waals surface area contributed by atoms with E-state index in [2.05, 4.69) is 17.0 Å². The minimum atomic E-state index is -0.474. The van der Waals surface area contributed by atoms with E-state index in [0.29, 0.717) is 12.1 Å². The highest BCUT2D eigenvalue weighted by Gasteiger charge is 2.13. The molecule has 5 heteroatoms. The van der Waals surface area contributed by atoms with Gasteiger partial charge in [0.25, 0.3) is 0 Å². The van der Waals surface area contributed by atoms with Gasteiger partial charge >= 0.3 is 5.97 Å². The highest BCUT2D eigenvalue weighted by atomic mass is 35.5. The van der Waals surface area contributed by atoms with E-state index in [1.165, 1.54) is 7.11 Å². The number of hydrogen-bond donors (Lipinski definition) is 1. The highest BCUT2D eigenvalue weighted by Crippen LogP contribution is 2.24. The van der Waals surface area contributed by atoms with Gasteiger partial charge in [0.2, 0.25) is 5.76 Å². The van der Waals surface area contributed by atoms with Crippen molar-refractivity contribution in [3.63, 3.8) is 0 Å². The lowest BCUT2D eigenvalue weighted by atomic mass is 10.1. The van der Waals surface area contributed by atoms with Crippen molar-refractivity contribution in [3.05, 3.63) is 70.4 Å². The predicted molar refractivity (Wildman–Crippen MR) is 94.3 cm³/mol. The van der Waals surface area contributed by atoms with Crippen LogP contribution >= 0.6 is 11.6 Å². The molecule has 0 saturated heterocycles. The molecule has 0 unspecified atom stereocenters. The molecule has 2 aromatic carbocycles. The van der Waals surface area contributed by atoms with Gasteiger partial charge in [-0.2, -0.15) is 0 Å². The predicted octanol–water partition coefficient (Wildman–Crippen LogP) is 4.72. The first-order valence-corrected chi connectivity index (χ1v) is 8.05. The van der Waals surface area contributed by atoms with Crippen molar-refractivity contribution >= 4 is 28.5 Å². The van der Waals surface area contributed by atoms with Gasteiger partial charge in [-0.3, -0.25) is 0 Å². The number of esters is 1. The van der Waals surface area contributed by atoms with Crippen LogP contribution in [0, 0.1) is 0 Å². The fraction of sp³-hybridized carbons (Fsp3) is 0.211. The summed E-state index contributed by atoms with van der Waals surface area (Å²) >= 11 is 6.23. The Balaban J connectivity index is 1.73. The summed E-state index contributed by atoms with van der Waals surface area (Å²) in [6, 6.07) is 15.5. The Morgan fingerprint density at radius 1 is 1.25 bits per heavy atom. The van der Waals surface area contributed by atoms with Gasteiger partial charge in [0, 0.05) is 23.0 Å². The van der Waals surface area contributed by atoms with Crippen molar-refractivity contribution in [2.24, 2.45) is 0 Å². The second kappa shape index (κ2) is 7.07. The number of carbonyl (C=O) groups is 1. The van der Waals surface area contributed by atoms with E-state index in [9.17, 15) is 4.79 Å². The molecule has 0 radical (unpaired) electrons. The van der Waals surface area contributed by atoms with E-state index in [4.69, 9.17) is 16.0 Å². The van der Waals surface area contributed by atoms with E-state index in [0.717, 1.165) is 21.5 Å². The number of nitrogens with one attached hydrogen (secondary N) is 1. The molecule has 0 spiro atoms. The van der Waals surface area contributed by atoms with Crippen molar-refractivity contribution in [2.45, 2.75) is 19.5 Å². The Morgan fingerprint density at radius 3 is 2.79 bits per heavy atom. The Morgan fingerprint density at radius 2 is 2.04 bits per heavy atom. The summed E-state index contributed by atoms with van der Waals surface area (Å²) in [7, 11) is 1.33. The summed E-state index contributed by atoms with van der Waals surface area (Å²) < 4.78 is 10.2. The third-order valence-electron chi connectivity index (χ3n) is 3.95. The van der Waals surface area contributed by atoms with Crippen LogP contribution in [0.1, 0.15) is 34.6 Å². The number of rotatable bonds is 5. The van der Waals surface area contributed by atoms with E-state index >= 15 is 0 Å². The molecule has 3 aromatic rings. The van der Waals surface area contributed by atoms with Gasteiger partial charge in [0.15, 0.2) is 0 Å². The fourth-order valence-corrected chi connectivity index (χ4v) is 2.91. The van der Waals surface area contributed by atoms with E-state index in [1.54, 1.807) is 6.07 Å². The van der Waals surface area contributed by atoms with Gasteiger partial charge < -0.3 is 14.5 Å². The zero-order chi connectivity index (χ0) is 17.1. The quantitative estimate of drug-likeness (QED) is 0.681. The van der Waals surface area contributed by atoms with Gasteiger partial charge in [0.05, 0.1) is 7.11 Å². The molecule has 0 amide bonds. The molecule has 1 atom stereocenters. The smallest absolute Gasteiger partial charge is 0.373 e. The van der Waals surface area contributed by atoms with Crippen LogP contribution in [0.15, 0.2) is 52.9 Å². The first-order chi connectivity index (χ1) is 11.6. The monoisotopic (exact) mass is 343 g/mol. The Hall–Kier alpha value is -2.30. The van der Waals surface area contributed by atoms with Crippen molar-refractivity contribution in [3.8, 4) is 0 Å². The average molecular weight is 344 g/mol. The van der Waals surface area contributed by atoms with Crippen LogP contribution in [0.2, 0.25) is 5.02 Å². The zero-order valence-electron chi connectivity index (χ0n) is 13.5. The summed E-state index contributed by atoms with van der Waals surface area (Å²) in [6.45, 7) is 2.76. The number of halogens is 1. The molecule has 0 bridgehead atoms. The lowest BCUT2D eigenvalue weighted by Gasteiger charge is -2.15. The van der Waals surface area contributed by atoms with Crippen molar-refractivity contribution < 1.29 is 13.9 Å². The molecule has 24 heavy (non-hydrogen) atoms. The number of hydrogen-bond acceptors (Lipinski definition) is 4. The number of ether oxygens (including phenoxy) is 1. The first-order valence-electron chi connectivity index (χ1n) is 7.67. The molecule has 1 aromatic heterocycles. The van der Waals surface area contributed by atoms with Crippen LogP contribution in [0.25, 0.3) is 11.0 Å². The normalized spacial score (nSPS) is 12.3. The van der Waals surface area contributed by atoms with E-state index < -0.39 is 5.97 Å². The summed E-state index contributed by atoms with van der Waals surface area (Å²) in [5, 5.41) is 5.08. The average Bonchev–Trinajstić information content (AvgIpc) is 3.02. The van der Waals surface area contributed by atoms with Crippen LogP contribution in [-0.4, -0.2) is 13.1 Å². The molecule has 0 aliphatic carbocycles. The lowest BCUT2D eigenvalue weighted by molar-refractivity contribution is 0.0567. The summed E-state index contributed by atoms with van der Waals surface area (Å²) in [5.74, 6) is -0.264. The molecule has 124 valence electrons. The third-order valence-corrected chi connectivity index (χ3v) is 4.30. The van der Waals surface area contributed by atoms with E-state index in [-0.39, 0.29) is 11.8 Å². The van der Waals surface area contributed by atoms with Crippen molar-refractivity contribution in [2.75, 3.05) is 7.11 Å². The van der Waals surface area contributed by atoms with E-state index in [1.807, 2.05) is 42.5 Å². The lowest BCUT2D eigenvalue weighted by Crippen LogP contribution is -2.18. The van der Waals surface area contributed by atoms with Crippen LogP contribution in [0.3, 0.4) is 0 Å². The van der Waals surface area contributed by atoms with Crippen molar-refractivity contribution in [1.29, 1.82) is 0 Å². The highest BCUT2D eigenvalue weighted by molar-refractivity contribution is 6.31. The maximum absolute atomic E-state index is 11.5. The molecule has 0 aliphatic heterocycles. The maximum atomic E-state index is 11.5. The molecular weight excluding hydrogens is 326 g/mol. The third kappa shape index (κ3) is 3.45. The summed E-state index contributed by atoms with van der Waals surface area (Å²) in [5.41, 5.74) is 2.83. The minimum absolute atomic E-state index is 0.129. The maximum Gasteiger partial charge on any atom is 0.373 e. The molecule has 1 N–H and O–H groups in total. The van der Waals surface area contributed by atoms with Crippen LogP contribution < -0.4 is 5.32 Å². The fourth-order valence-electron chi connectivity index (χ4n) is 2.61. The SMILES string of the molecule is COC(=O)c1cc2cc(CN[C@@H](C)c3ccccc3Cl)ccc2o1. The molecule has 0 fully saturated rings. The molecular formula is C19H18ClNO3. The molecule has 0 aliphatic rings. The summed E-state index contributed by atoms with van der Waals surface area (Å²) in [4.78, 5) is 11.5. The molecule has 3 rings (SSSR count). The summed E-state index contributed by atoms with van der Waals surface area (Å²) in [6.07, 6.45) is 0. The number of fused-ring (bicyclic) bond motifs is 1. The van der Waals surface area contributed by atoms with Gasteiger partial charge in [-0.05, 0) is 42.3 Å². The second-order valence-corrected chi connectivity index (χ2v) is 6.01. The number of benzene rings is 2. The Bertz CT molecular complexity index is 872. The molecule has 1 heterocycles. The second-order valence-electron chi connectivity index (χ2n) is 5.60. The number of methoxy groups -OCH3 is 1. The minimum Gasteiger partial charge on any atom is -0.463 e. The van der Waals surface area contributed by atoms with Gasteiger partial charge in [0.1, 0.15) is 5.58 Å². The Kier molecular flexibility index (Phi) is 4.88. The number of furan rings is 1. The first kappa shape index (κ1) is 16.6. The van der Waals surface area contributed by atoms with Gasteiger partial charge in [-0.15, -0.1) is 0 Å². The zero-order valence-corrected chi connectivity index (χ0v) is 14.3. The van der Waals surface area contributed by atoms with Crippen LogP contribution in [-0.2, 0) is 11.3 Å².